The molecule has 0 saturated carbocycles. The summed E-state index contributed by atoms with van der Waals surface area (Å²) in [7, 11) is 0. The largest absolute Gasteiger partial charge is 0.369 e. The summed E-state index contributed by atoms with van der Waals surface area (Å²) in [6.45, 7) is 9.89. The molecule has 0 aliphatic rings. The fraction of sp³-hybridized carbons (Fsp3) is 0.571. The van der Waals surface area contributed by atoms with Gasteiger partial charge in [-0.05, 0) is 37.5 Å². The van der Waals surface area contributed by atoms with Crippen molar-refractivity contribution in [3.05, 3.63) is 28.8 Å². The SMILES string of the molecule is CC(C)CN(c1ccc(CCl)c(Cl)c1)C(C)C. The van der Waals surface area contributed by atoms with Gasteiger partial charge in [-0.2, -0.15) is 0 Å². The van der Waals surface area contributed by atoms with Crippen molar-refractivity contribution in [1.82, 2.24) is 0 Å². The molecule has 1 aromatic rings. The molecule has 0 N–H and O–H groups in total. The molecule has 0 radical (unpaired) electrons. The molecule has 96 valence electrons. The normalized spacial score (nSPS) is 11.3. The first-order chi connectivity index (χ1) is 7.95. The molecular weight excluding hydrogens is 253 g/mol. The Bertz CT molecular complexity index is 361. The molecule has 0 amide bonds. The molecule has 3 heteroatoms. The maximum Gasteiger partial charge on any atom is 0.0488 e. The molecule has 1 aromatic carbocycles. The number of rotatable bonds is 5. The van der Waals surface area contributed by atoms with Crippen molar-refractivity contribution >= 4 is 28.9 Å². The van der Waals surface area contributed by atoms with E-state index < -0.39 is 0 Å². The van der Waals surface area contributed by atoms with Crippen LogP contribution in [-0.4, -0.2) is 12.6 Å². The van der Waals surface area contributed by atoms with E-state index in [1.807, 2.05) is 12.1 Å². The zero-order valence-corrected chi connectivity index (χ0v) is 12.5. The molecular formula is C14H21Cl2N. The summed E-state index contributed by atoms with van der Waals surface area (Å²) in [4.78, 5) is 2.37. The summed E-state index contributed by atoms with van der Waals surface area (Å²) >= 11 is 12.0. The predicted octanol–water partition coefficient (Wildman–Crippen LogP) is 4.95. The van der Waals surface area contributed by atoms with E-state index in [2.05, 4.69) is 38.7 Å². The van der Waals surface area contributed by atoms with E-state index in [9.17, 15) is 0 Å². The molecule has 0 spiro atoms. The summed E-state index contributed by atoms with van der Waals surface area (Å²) in [5.41, 5.74) is 2.16. The molecule has 0 bridgehead atoms. The topological polar surface area (TPSA) is 3.24 Å². The van der Waals surface area contributed by atoms with Gasteiger partial charge in [0.2, 0.25) is 0 Å². The number of hydrogen-bond donors (Lipinski definition) is 0. The molecule has 0 atom stereocenters. The van der Waals surface area contributed by atoms with Crippen LogP contribution >= 0.6 is 23.2 Å². The van der Waals surface area contributed by atoms with Gasteiger partial charge in [-0.3, -0.25) is 0 Å². The Morgan fingerprint density at radius 3 is 2.24 bits per heavy atom. The highest BCUT2D eigenvalue weighted by Crippen LogP contribution is 2.26. The van der Waals surface area contributed by atoms with Gasteiger partial charge < -0.3 is 4.90 Å². The van der Waals surface area contributed by atoms with Crippen LogP contribution in [-0.2, 0) is 5.88 Å². The van der Waals surface area contributed by atoms with Gasteiger partial charge in [0.05, 0.1) is 0 Å². The first-order valence-corrected chi connectivity index (χ1v) is 6.98. The highest BCUT2D eigenvalue weighted by molar-refractivity contribution is 6.32. The lowest BCUT2D eigenvalue weighted by atomic mass is 10.1. The van der Waals surface area contributed by atoms with Gasteiger partial charge in [-0.1, -0.05) is 31.5 Å². The molecule has 0 heterocycles. The number of hydrogen-bond acceptors (Lipinski definition) is 1. The second-order valence-electron chi connectivity index (χ2n) is 5.05. The van der Waals surface area contributed by atoms with E-state index in [1.54, 1.807) is 0 Å². The van der Waals surface area contributed by atoms with Gasteiger partial charge in [-0.15, -0.1) is 11.6 Å². The quantitative estimate of drug-likeness (QED) is 0.687. The van der Waals surface area contributed by atoms with Crippen molar-refractivity contribution < 1.29 is 0 Å². The van der Waals surface area contributed by atoms with Gasteiger partial charge in [0, 0.05) is 29.2 Å². The second kappa shape index (κ2) is 6.51. The lowest BCUT2D eigenvalue weighted by Gasteiger charge is -2.31. The first kappa shape index (κ1) is 14.7. The summed E-state index contributed by atoms with van der Waals surface area (Å²) in [6.07, 6.45) is 0. The Morgan fingerprint density at radius 2 is 1.82 bits per heavy atom. The monoisotopic (exact) mass is 273 g/mol. The van der Waals surface area contributed by atoms with E-state index in [-0.39, 0.29) is 0 Å². The maximum atomic E-state index is 6.20. The second-order valence-corrected chi connectivity index (χ2v) is 5.72. The first-order valence-electron chi connectivity index (χ1n) is 6.06. The lowest BCUT2D eigenvalue weighted by molar-refractivity contribution is 0.571. The Kier molecular flexibility index (Phi) is 5.61. The van der Waals surface area contributed by atoms with Crippen molar-refractivity contribution in [2.24, 2.45) is 5.92 Å². The Hall–Kier alpha value is -0.400. The molecule has 0 unspecified atom stereocenters. The minimum atomic E-state index is 0.463. The average molecular weight is 274 g/mol. The van der Waals surface area contributed by atoms with E-state index >= 15 is 0 Å². The zero-order chi connectivity index (χ0) is 13.0. The lowest BCUT2D eigenvalue weighted by Crippen LogP contribution is -2.34. The van der Waals surface area contributed by atoms with Crippen LogP contribution in [0.25, 0.3) is 0 Å². The molecule has 1 rings (SSSR count). The van der Waals surface area contributed by atoms with Crippen molar-refractivity contribution in [2.45, 2.75) is 39.6 Å². The van der Waals surface area contributed by atoms with Crippen molar-refractivity contribution in [3.63, 3.8) is 0 Å². The fourth-order valence-corrected chi connectivity index (χ4v) is 2.37. The number of halogens is 2. The molecule has 0 aliphatic carbocycles. The van der Waals surface area contributed by atoms with Crippen molar-refractivity contribution in [1.29, 1.82) is 0 Å². The Morgan fingerprint density at radius 1 is 1.18 bits per heavy atom. The van der Waals surface area contributed by atoms with Crippen LogP contribution in [0, 0.1) is 5.92 Å². The highest BCUT2D eigenvalue weighted by Gasteiger charge is 2.13. The Balaban J connectivity index is 2.98. The van der Waals surface area contributed by atoms with E-state index in [0.29, 0.717) is 17.8 Å². The number of nitrogens with zero attached hydrogens (tertiary/aromatic N) is 1. The summed E-state index contributed by atoms with van der Waals surface area (Å²) in [6, 6.07) is 6.60. The van der Waals surface area contributed by atoms with Crippen LogP contribution in [0.1, 0.15) is 33.3 Å². The van der Waals surface area contributed by atoms with Crippen LogP contribution < -0.4 is 4.90 Å². The van der Waals surface area contributed by atoms with Gasteiger partial charge >= 0.3 is 0 Å². The number of benzene rings is 1. The molecule has 0 aliphatic heterocycles. The highest BCUT2D eigenvalue weighted by atomic mass is 35.5. The minimum absolute atomic E-state index is 0.463. The zero-order valence-electron chi connectivity index (χ0n) is 11.0. The smallest absolute Gasteiger partial charge is 0.0488 e. The molecule has 1 nitrogen and oxygen atoms in total. The molecule has 0 aromatic heterocycles. The Labute approximate surface area is 115 Å². The molecule has 17 heavy (non-hydrogen) atoms. The fourth-order valence-electron chi connectivity index (χ4n) is 1.83. The van der Waals surface area contributed by atoms with Crippen LogP contribution in [0.2, 0.25) is 5.02 Å². The predicted molar refractivity (Wildman–Crippen MR) is 78.3 cm³/mol. The van der Waals surface area contributed by atoms with Gasteiger partial charge in [-0.25, -0.2) is 0 Å². The van der Waals surface area contributed by atoms with Gasteiger partial charge in [0.1, 0.15) is 0 Å². The van der Waals surface area contributed by atoms with E-state index in [1.165, 1.54) is 5.69 Å². The maximum absolute atomic E-state index is 6.20. The third-order valence-corrected chi connectivity index (χ3v) is 3.34. The van der Waals surface area contributed by atoms with Crippen molar-refractivity contribution in [3.8, 4) is 0 Å². The van der Waals surface area contributed by atoms with Crippen LogP contribution in [0.15, 0.2) is 18.2 Å². The van der Waals surface area contributed by atoms with Crippen molar-refractivity contribution in [2.75, 3.05) is 11.4 Å². The van der Waals surface area contributed by atoms with E-state index in [4.69, 9.17) is 23.2 Å². The third-order valence-electron chi connectivity index (χ3n) is 2.70. The summed E-state index contributed by atoms with van der Waals surface area (Å²) in [5.74, 6) is 1.09. The number of alkyl halides is 1. The minimum Gasteiger partial charge on any atom is -0.369 e. The number of anilines is 1. The van der Waals surface area contributed by atoms with Crippen LogP contribution in [0.3, 0.4) is 0 Å². The summed E-state index contributed by atoms with van der Waals surface area (Å²) in [5, 5.41) is 0.756. The van der Waals surface area contributed by atoms with E-state index in [0.717, 1.165) is 17.1 Å². The molecule has 0 saturated heterocycles. The summed E-state index contributed by atoms with van der Waals surface area (Å²) < 4.78 is 0. The average Bonchev–Trinajstić information content (AvgIpc) is 2.25. The van der Waals surface area contributed by atoms with Gasteiger partial charge in [0.25, 0.3) is 0 Å². The standard InChI is InChI=1S/C14H21Cl2N/c1-10(2)9-17(11(3)4)13-6-5-12(8-15)14(16)7-13/h5-7,10-11H,8-9H2,1-4H3. The van der Waals surface area contributed by atoms with Crippen LogP contribution in [0.5, 0.6) is 0 Å². The third kappa shape index (κ3) is 4.08. The molecule has 0 fully saturated rings. The van der Waals surface area contributed by atoms with Gasteiger partial charge in [0.15, 0.2) is 0 Å². The van der Waals surface area contributed by atoms with Crippen LogP contribution in [0.4, 0.5) is 5.69 Å².